The molecule has 1 aromatic heterocycles. The molecule has 1 aromatic carbocycles. The lowest BCUT2D eigenvalue weighted by molar-refractivity contribution is -0.118. The van der Waals surface area contributed by atoms with Crippen LogP contribution < -0.4 is 9.80 Å². The summed E-state index contributed by atoms with van der Waals surface area (Å²) >= 11 is 0. The van der Waals surface area contributed by atoms with Gasteiger partial charge in [0.1, 0.15) is 0 Å². The number of rotatable bonds is 2. The second-order valence-electron chi connectivity index (χ2n) is 6.79. The van der Waals surface area contributed by atoms with Gasteiger partial charge in [-0.25, -0.2) is 0 Å². The van der Waals surface area contributed by atoms with E-state index in [0.717, 1.165) is 25.2 Å². The Morgan fingerprint density at radius 2 is 1.88 bits per heavy atom. The average Bonchev–Trinajstić information content (AvgIpc) is 2.71. The summed E-state index contributed by atoms with van der Waals surface area (Å²) in [7, 11) is 1.84. The molecule has 0 spiro atoms. The fourth-order valence-corrected chi connectivity index (χ4v) is 3.68. The van der Waals surface area contributed by atoms with E-state index in [1.165, 1.54) is 11.3 Å². The fourth-order valence-electron chi connectivity index (χ4n) is 3.68. The van der Waals surface area contributed by atoms with Crippen LogP contribution in [-0.2, 0) is 11.2 Å². The minimum absolute atomic E-state index is 0.0447. The van der Waals surface area contributed by atoms with E-state index in [-0.39, 0.29) is 11.8 Å². The van der Waals surface area contributed by atoms with Gasteiger partial charge in [0.05, 0.1) is 5.56 Å². The zero-order valence-corrected chi connectivity index (χ0v) is 14.9. The average molecular weight is 350 g/mol. The summed E-state index contributed by atoms with van der Waals surface area (Å²) in [5.41, 5.74) is 4.04. The van der Waals surface area contributed by atoms with Crippen LogP contribution in [-0.4, -0.2) is 54.9 Å². The normalized spacial score (nSPS) is 17.3. The van der Waals surface area contributed by atoms with Crippen LogP contribution in [0.2, 0.25) is 0 Å². The standard InChI is InChI=1S/C20H22N4O2/c1-22-18-6-5-17(13-15(18)4-7-19(22)25)23-9-11-24(12-10-23)20(26)16-3-2-8-21-14-16/h2-3,5-6,8,13-14H,4,7,9-12H2,1H3. The number of anilines is 2. The molecule has 1 saturated heterocycles. The first-order chi connectivity index (χ1) is 12.6. The zero-order valence-electron chi connectivity index (χ0n) is 14.9. The first kappa shape index (κ1) is 16.6. The summed E-state index contributed by atoms with van der Waals surface area (Å²) in [5, 5.41) is 0. The molecule has 4 rings (SSSR count). The molecule has 26 heavy (non-hydrogen) atoms. The highest BCUT2D eigenvalue weighted by molar-refractivity contribution is 5.96. The molecule has 0 unspecified atom stereocenters. The third-order valence-electron chi connectivity index (χ3n) is 5.25. The highest BCUT2D eigenvalue weighted by atomic mass is 16.2. The van der Waals surface area contributed by atoms with Gasteiger partial charge in [-0.2, -0.15) is 0 Å². The third-order valence-corrected chi connectivity index (χ3v) is 5.25. The molecule has 6 nitrogen and oxygen atoms in total. The molecular weight excluding hydrogens is 328 g/mol. The number of aromatic nitrogens is 1. The summed E-state index contributed by atoms with van der Waals surface area (Å²) in [6, 6.07) is 9.90. The molecule has 134 valence electrons. The van der Waals surface area contributed by atoms with E-state index in [2.05, 4.69) is 22.0 Å². The van der Waals surface area contributed by atoms with Crippen molar-refractivity contribution >= 4 is 23.2 Å². The van der Waals surface area contributed by atoms with E-state index >= 15 is 0 Å². The lowest BCUT2D eigenvalue weighted by atomic mass is 10.0. The van der Waals surface area contributed by atoms with E-state index in [0.29, 0.717) is 25.1 Å². The molecule has 0 aliphatic carbocycles. The number of amides is 2. The summed E-state index contributed by atoms with van der Waals surface area (Å²) in [5.74, 6) is 0.219. The van der Waals surface area contributed by atoms with Crippen molar-refractivity contribution in [1.82, 2.24) is 9.88 Å². The van der Waals surface area contributed by atoms with Gasteiger partial charge in [0.25, 0.3) is 5.91 Å². The number of nitrogens with zero attached hydrogens (tertiary/aromatic N) is 4. The summed E-state index contributed by atoms with van der Waals surface area (Å²) in [4.78, 5) is 34.3. The van der Waals surface area contributed by atoms with Gasteiger partial charge in [0, 0.05) is 63.4 Å². The van der Waals surface area contributed by atoms with Gasteiger partial charge >= 0.3 is 0 Å². The Labute approximate surface area is 153 Å². The Morgan fingerprint density at radius 3 is 2.62 bits per heavy atom. The molecule has 0 bridgehead atoms. The fraction of sp³-hybridized carbons (Fsp3) is 0.350. The van der Waals surface area contributed by atoms with Crippen LogP contribution in [0.4, 0.5) is 11.4 Å². The quantitative estimate of drug-likeness (QED) is 0.831. The second kappa shape index (κ2) is 6.78. The maximum atomic E-state index is 12.5. The Balaban J connectivity index is 1.44. The van der Waals surface area contributed by atoms with Crippen LogP contribution in [0.25, 0.3) is 0 Å². The highest BCUT2D eigenvalue weighted by Crippen LogP contribution is 2.31. The number of benzene rings is 1. The second-order valence-corrected chi connectivity index (χ2v) is 6.79. The molecule has 2 aliphatic heterocycles. The van der Waals surface area contributed by atoms with Crippen molar-refractivity contribution in [3.05, 3.63) is 53.9 Å². The van der Waals surface area contributed by atoms with Crippen molar-refractivity contribution in [3.8, 4) is 0 Å². The van der Waals surface area contributed by atoms with E-state index in [1.54, 1.807) is 23.4 Å². The topological polar surface area (TPSA) is 56.8 Å². The van der Waals surface area contributed by atoms with E-state index in [9.17, 15) is 9.59 Å². The van der Waals surface area contributed by atoms with Crippen molar-refractivity contribution < 1.29 is 9.59 Å². The molecule has 6 heteroatoms. The Hall–Kier alpha value is -2.89. The predicted molar refractivity (Wildman–Crippen MR) is 101 cm³/mol. The minimum atomic E-state index is 0.0447. The Kier molecular flexibility index (Phi) is 4.32. The summed E-state index contributed by atoms with van der Waals surface area (Å²) < 4.78 is 0. The molecule has 0 saturated carbocycles. The van der Waals surface area contributed by atoms with Gasteiger partial charge in [0.2, 0.25) is 5.91 Å². The number of fused-ring (bicyclic) bond motifs is 1. The van der Waals surface area contributed by atoms with Crippen molar-refractivity contribution in [1.29, 1.82) is 0 Å². The van der Waals surface area contributed by atoms with Gasteiger partial charge in [-0.1, -0.05) is 0 Å². The highest BCUT2D eigenvalue weighted by Gasteiger charge is 2.25. The zero-order chi connectivity index (χ0) is 18.1. The summed E-state index contributed by atoms with van der Waals surface area (Å²) in [6.45, 7) is 3.01. The van der Waals surface area contributed by atoms with Gasteiger partial charge in [0.15, 0.2) is 0 Å². The molecule has 0 radical (unpaired) electrons. The molecule has 1 fully saturated rings. The number of carbonyl (C=O) groups excluding carboxylic acids is 2. The van der Waals surface area contributed by atoms with Crippen LogP contribution in [0.15, 0.2) is 42.7 Å². The van der Waals surface area contributed by atoms with Crippen LogP contribution in [0.1, 0.15) is 22.3 Å². The first-order valence-corrected chi connectivity index (χ1v) is 8.97. The molecule has 2 aromatic rings. The van der Waals surface area contributed by atoms with E-state index in [4.69, 9.17) is 0 Å². The van der Waals surface area contributed by atoms with Gasteiger partial charge in [-0.05, 0) is 42.3 Å². The van der Waals surface area contributed by atoms with Crippen LogP contribution in [0.5, 0.6) is 0 Å². The minimum Gasteiger partial charge on any atom is -0.368 e. The van der Waals surface area contributed by atoms with Crippen molar-refractivity contribution in [2.75, 3.05) is 43.0 Å². The third kappa shape index (κ3) is 3.03. The molecule has 2 aliphatic rings. The van der Waals surface area contributed by atoms with Gasteiger partial charge in [-0.15, -0.1) is 0 Å². The largest absolute Gasteiger partial charge is 0.368 e. The predicted octanol–water partition coefficient (Wildman–Crippen LogP) is 1.95. The van der Waals surface area contributed by atoms with Gasteiger partial charge < -0.3 is 14.7 Å². The number of piperazine rings is 1. The number of carbonyl (C=O) groups is 2. The van der Waals surface area contributed by atoms with E-state index in [1.807, 2.05) is 24.1 Å². The first-order valence-electron chi connectivity index (χ1n) is 8.97. The maximum absolute atomic E-state index is 12.5. The number of hydrogen-bond acceptors (Lipinski definition) is 4. The molecular formula is C20H22N4O2. The number of aryl methyl sites for hydroxylation is 1. The van der Waals surface area contributed by atoms with Crippen LogP contribution in [0, 0.1) is 0 Å². The van der Waals surface area contributed by atoms with Crippen LogP contribution in [0.3, 0.4) is 0 Å². The van der Waals surface area contributed by atoms with Crippen molar-refractivity contribution in [3.63, 3.8) is 0 Å². The monoisotopic (exact) mass is 350 g/mol. The lowest BCUT2D eigenvalue weighted by Gasteiger charge is -2.37. The smallest absolute Gasteiger partial charge is 0.255 e. The SMILES string of the molecule is CN1C(=O)CCc2cc(N3CCN(C(=O)c4cccnc4)CC3)ccc21. The molecule has 0 atom stereocenters. The van der Waals surface area contributed by atoms with E-state index < -0.39 is 0 Å². The molecule has 3 heterocycles. The van der Waals surface area contributed by atoms with Crippen molar-refractivity contribution in [2.24, 2.45) is 0 Å². The number of pyridine rings is 1. The Bertz CT molecular complexity index is 829. The lowest BCUT2D eigenvalue weighted by Crippen LogP contribution is -2.48. The number of hydrogen-bond donors (Lipinski definition) is 0. The maximum Gasteiger partial charge on any atom is 0.255 e. The van der Waals surface area contributed by atoms with Crippen molar-refractivity contribution in [2.45, 2.75) is 12.8 Å². The molecule has 2 amide bonds. The molecule has 0 N–H and O–H groups in total. The van der Waals surface area contributed by atoms with Crippen LogP contribution >= 0.6 is 0 Å². The Morgan fingerprint density at radius 1 is 1.08 bits per heavy atom. The van der Waals surface area contributed by atoms with Gasteiger partial charge in [-0.3, -0.25) is 14.6 Å². The summed E-state index contributed by atoms with van der Waals surface area (Å²) in [6.07, 6.45) is 4.66.